The number of carbonyl (C=O) groups is 1. The van der Waals surface area contributed by atoms with Crippen LogP contribution in [0, 0.1) is 11.3 Å². The molecule has 3 aromatic rings. The maximum Gasteiger partial charge on any atom is 0.262 e. The van der Waals surface area contributed by atoms with Crippen LogP contribution in [0.1, 0.15) is 38.1 Å². The van der Waals surface area contributed by atoms with Gasteiger partial charge in [0, 0.05) is 17.7 Å². The van der Waals surface area contributed by atoms with E-state index in [1.807, 2.05) is 26.8 Å². The number of fused-ring (bicyclic) bond motifs is 1. The number of amides is 1. The van der Waals surface area contributed by atoms with Gasteiger partial charge in [-0.05, 0) is 37.3 Å². The van der Waals surface area contributed by atoms with Crippen molar-refractivity contribution in [2.45, 2.75) is 26.7 Å². The number of oxazole rings is 1. The lowest BCUT2D eigenvalue weighted by Crippen LogP contribution is -2.20. The van der Waals surface area contributed by atoms with E-state index in [9.17, 15) is 4.79 Å². The van der Waals surface area contributed by atoms with Crippen molar-refractivity contribution in [2.75, 3.05) is 18.5 Å². The number of ether oxygens (including phenoxy) is 2. The van der Waals surface area contributed by atoms with Crippen molar-refractivity contribution >= 4 is 22.7 Å². The Labute approximate surface area is 162 Å². The molecule has 0 aliphatic carbocycles. The average Bonchev–Trinajstić information content (AvgIpc) is 3.11. The van der Waals surface area contributed by atoms with E-state index >= 15 is 0 Å². The maximum atomic E-state index is 12.3. The molecule has 0 saturated heterocycles. The number of hydrogen-bond donors (Lipinski definition) is 1. The van der Waals surface area contributed by atoms with Crippen LogP contribution in [-0.2, 0) is 4.79 Å². The van der Waals surface area contributed by atoms with Crippen LogP contribution in [0.15, 0.2) is 40.8 Å². The molecule has 0 saturated carbocycles. The van der Waals surface area contributed by atoms with Gasteiger partial charge in [0.1, 0.15) is 5.52 Å². The van der Waals surface area contributed by atoms with E-state index in [4.69, 9.17) is 19.2 Å². The largest absolute Gasteiger partial charge is 0.490 e. The van der Waals surface area contributed by atoms with Crippen molar-refractivity contribution in [1.29, 1.82) is 5.26 Å². The van der Waals surface area contributed by atoms with Crippen molar-refractivity contribution in [3.63, 3.8) is 0 Å². The van der Waals surface area contributed by atoms with Gasteiger partial charge in [0.15, 0.2) is 29.6 Å². The summed E-state index contributed by atoms with van der Waals surface area (Å²) in [6.07, 6.45) is 0. The molecule has 1 heterocycles. The first-order valence-electron chi connectivity index (χ1n) is 9.00. The van der Waals surface area contributed by atoms with Gasteiger partial charge in [0.05, 0.1) is 18.2 Å². The number of anilines is 1. The zero-order valence-corrected chi connectivity index (χ0v) is 16.0. The number of aromatic nitrogens is 1. The minimum Gasteiger partial charge on any atom is -0.490 e. The van der Waals surface area contributed by atoms with Crippen LogP contribution in [0.5, 0.6) is 11.5 Å². The van der Waals surface area contributed by atoms with Crippen LogP contribution >= 0.6 is 0 Å². The zero-order chi connectivity index (χ0) is 20.1. The summed E-state index contributed by atoms with van der Waals surface area (Å²) >= 11 is 0. The predicted molar refractivity (Wildman–Crippen MR) is 105 cm³/mol. The summed E-state index contributed by atoms with van der Waals surface area (Å²) in [7, 11) is 0. The molecule has 3 rings (SSSR count). The Morgan fingerprint density at radius 2 is 2.04 bits per heavy atom. The molecule has 0 aliphatic rings. The highest BCUT2D eigenvalue weighted by Gasteiger charge is 2.12. The first kappa shape index (κ1) is 19.2. The lowest BCUT2D eigenvalue weighted by Gasteiger charge is -2.12. The van der Waals surface area contributed by atoms with Crippen LogP contribution < -0.4 is 14.8 Å². The quantitative estimate of drug-likeness (QED) is 0.659. The average molecular weight is 379 g/mol. The predicted octanol–water partition coefficient (Wildman–Crippen LogP) is 4.24. The zero-order valence-electron chi connectivity index (χ0n) is 16.0. The molecule has 1 amide bonds. The van der Waals surface area contributed by atoms with Crippen LogP contribution in [0.4, 0.5) is 5.69 Å². The molecule has 144 valence electrons. The normalized spacial score (nSPS) is 10.7. The highest BCUT2D eigenvalue weighted by molar-refractivity contribution is 5.93. The summed E-state index contributed by atoms with van der Waals surface area (Å²) in [6.45, 7) is 6.07. The maximum absolute atomic E-state index is 12.3. The van der Waals surface area contributed by atoms with E-state index in [1.165, 1.54) is 0 Å². The number of nitrogens with zero attached hydrogens (tertiary/aromatic N) is 2. The Morgan fingerprint density at radius 3 is 2.75 bits per heavy atom. The number of carbonyl (C=O) groups excluding carboxylic acids is 1. The van der Waals surface area contributed by atoms with Gasteiger partial charge in [-0.15, -0.1) is 0 Å². The molecule has 1 aromatic heterocycles. The smallest absolute Gasteiger partial charge is 0.262 e. The Bertz CT molecular complexity index is 1030. The molecular formula is C21H21N3O4. The molecule has 28 heavy (non-hydrogen) atoms. The van der Waals surface area contributed by atoms with E-state index in [1.54, 1.807) is 36.4 Å². The minimum atomic E-state index is -0.321. The highest BCUT2D eigenvalue weighted by Crippen LogP contribution is 2.28. The van der Waals surface area contributed by atoms with E-state index in [2.05, 4.69) is 10.3 Å². The molecule has 0 atom stereocenters. The third-order valence-corrected chi connectivity index (χ3v) is 3.91. The van der Waals surface area contributed by atoms with Gasteiger partial charge in [0.2, 0.25) is 0 Å². The topological polar surface area (TPSA) is 97.4 Å². The van der Waals surface area contributed by atoms with E-state index in [-0.39, 0.29) is 18.4 Å². The summed E-state index contributed by atoms with van der Waals surface area (Å²) in [5, 5.41) is 11.8. The van der Waals surface area contributed by atoms with Crippen molar-refractivity contribution in [1.82, 2.24) is 4.98 Å². The van der Waals surface area contributed by atoms with Gasteiger partial charge in [-0.3, -0.25) is 4.79 Å². The van der Waals surface area contributed by atoms with Gasteiger partial charge < -0.3 is 19.2 Å². The van der Waals surface area contributed by atoms with Crippen LogP contribution in [0.25, 0.3) is 11.1 Å². The Kier molecular flexibility index (Phi) is 5.80. The first-order valence-corrected chi connectivity index (χ1v) is 9.00. The van der Waals surface area contributed by atoms with Gasteiger partial charge >= 0.3 is 0 Å². The van der Waals surface area contributed by atoms with E-state index in [0.29, 0.717) is 46.3 Å². The summed E-state index contributed by atoms with van der Waals surface area (Å²) in [6, 6.07) is 12.1. The molecule has 2 aromatic carbocycles. The van der Waals surface area contributed by atoms with Crippen molar-refractivity contribution in [2.24, 2.45) is 0 Å². The minimum absolute atomic E-state index is 0.186. The SMILES string of the molecule is CCOc1cc(C#N)ccc1OCC(=O)Nc1ccc2oc(C(C)C)nc2c1. The first-order chi connectivity index (χ1) is 13.5. The highest BCUT2D eigenvalue weighted by atomic mass is 16.5. The molecule has 1 N–H and O–H groups in total. The Hall–Kier alpha value is -3.53. The number of rotatable bonds is 7. The van der Waals surface area contributed by atoms with Gasteiger partial charge in [0.25, 0.3) is 5.91 Å². The number of benzene rings is 2. The molecule has 7 heteroatoms. The summed E-state index contributed by atoms with van der Waals surface area (Å²) in [5.41, 5.74) is 2.43. The van der Waals surface area contributed by atoms with E-state index in [0.717, 1.165) is 0 Å². The third-order valence-electron chi connectivity index (χ3n) is 3.91. The van der Waals surface area contributed by atoms with Gasteiger partial charge in [-0.2, -0.15) is 5.26 Å². The Balaban J connectivity index is 1.66. The Morgan fingerprint density at radius 1 is 1.21 bits per heavy atom. The fraction of sp³-hybridized carbons (Fsp3) is 0.286. The lowest BCUT2D eigenvalue weighted by molar-refractivity contribution is -0.118. The lowest BCUT2D eigenvalue weighted by atomic mass is 10.2. The molecule has 0 spiro atoms. The number of hydrogen-bond acceptors (Lipinski definition) is 6. The molecule has 0 unspecified atom stereocenters. The monoisotopic (exact) mass is 379 g/mol. The van der Waals surface area contributed by atoms with E-state index < -0.39 is 0 Å². The molecular weight excluding hydrogens is 358 g/mol. The molecule has 0 aliphatic heterocycles. The van der Waals surface area contributed by atoms with Crippen LogP contribution in [0.2, 0.25) is 0 Å². The fourth-order valence-electron chi connectivity index (χ4n) is 2.58. The summed E-state index contributed by atoms with van der Waals surface area (Å²) in [4.78, 5) is 16.7. The van der Waals surface area contributed by atoms with Crippen molar-refractivity contribution in [3.05, 3.63) is 47.9 Å². The summed E-state index contributed by atoms with van der Waals surface area (Å²) in [5.74, 6) is 1.36. The standard InChI is InChI=1S/C21H21N3O4/c1-4-26-19-9-14(11-22)5-7-18(19)27-12-20(25)23-15-6-8-17-16(10-15)24-21(28-17)13(2)3/h5-10,13H,4,12H2,1-3H3,(H,23,25). The summed E-state index contributed by atoms with van der Waals surface area (Å²) < 4.78 is 16.7. The van der Waals surface area contributed by atoms with Gasteiger partial charge in [-0.1, -0.05) is 13.8 Å². The van der Waals surface area contributed by atoms with Crippen molar-refractivity contribution in [3.8, 4) is 17.6 Å². The molecule has 0 fully saturated rings. The second-order valence-corrected chi connectivity index (χ2v) is 6.43. The van der Waals surface area contributed by atoms with Crippen LogP contribution in [0.3, 0.4) is 0 Å². The molecule has 0 bridgehead atoms. The second-order valence-electron chi connectivity index (χ2n) is 6.43. The molecule has 0 radical (unpaired) electrons. The third kappa shape index (κ3) is 4.41. The van der Waals surface area contributed by atoms with Gasteiger partial charge in [-0.25, -0.2) is 4.98 Å². The fourth-order valence-corrected chi connectivity index (χ4v) is 2.58. The number of nitriles is 1. The number of nitrogens with one attached hydrogen (secondary N) is 1. The molecule has 7 nitrogen and oxygen atoms in total. The van der Waals surface area contributed by atoms with Crippen LogP contribution in [-0.4, -0.2) is 24.1 Å². The second kappa shape index (κ2) is 8.44. The van der Waals surface area contributed by atoms with Crippen molar-refractivity contribution < 1.29 is 18.7 Å².